The number of carbonyl (C=O) groups excluding carboxylic acids is 1. The molecule has 2 unspecified atom stereocenters. The summed E-state index contributed by atoms with van der Waals surface area (Å²) in [6.45, 7) is 8.49. The second kappa shape index (κ2) is 6.89. The van der Waals surface area contributed by atoms with E-state index in [1.807, 2.05) is 13.8 Å². The molecule has 0 fully saturated rings. The van der Waals surface area contributed by atoms with E-state index < -0.39 is 0 Å². The number of carbonyl (C=O) groups is 1. The second-order valence-corrected chi connectivity index (χ2v) is 3.37. The van der Waals surface area contributed by atoms with Gasteiger partial charge in [0.1, 0.15) is 6.04 Å². The van der Waals surface area contributed by atoms with Crippen LogP contribution in [0.2, 0.25) is 0 Å². The molecule has 0 aromatic carbocycles. The van der Waals surface area contributed by atoms with E-state index in [1.54, 1.807) is 0 Å². The largest absolute Gasteiger partial charge is 0.465 e. The van der Waals surface area contributed by atoms with E-state index in [0.717, 1.165) is 12.8 Å². The van der Waals surface area contributed by atoms with Gasteiger partial charge in [-0.2, -0.15) is 0 Å². The van der Waals surface area contributed by atoms with Gasteiger partial charge in [0.05, 0.1) is 6.61 Å². The van der Waals surface area contributed by atoms with Crippen molar-refractivity contribution in [3.8, 4) is 0 Å². The van der Waals surface area contributed by atoms with E-state index in [-0.39, 0.29) is 12.0 Å². The van der Waals surface area contributed by atoms with Crippen molar-refractivity contribution < 1.29 is 9.53 Å². The van der Waals surface area contributed by atoms with Crippen molar-refractivity contribution >= 4 is 5.97 Å². The van der Waals surface area contributed by atoms with Gasteiger partial charge in [-0.1, -0.05) is 13.8 Å². The van der Waals surface area contributed by atoms with Gasteiger partial charge in [-0.15, -0.1) is 0 Å². The van der Waals surface area contributed by atoms with E-state index in [1.165, 1.54) is 0 Å². The summed E-state index contributed by atoms with van der Waals surface area (Å²) >= 11 is 0. The molecule has 0 saturated carbocycles. The molecule has 0 saturated heterocycles. The molecule has 13 heavy (non-hydrogen) atoms. The quantitative estimate of drug-likeness (QED) is 0.643. The first-order chi connectivity index (χ1) is 6.11. The van der Waals surface area contributed by atoms with Gasteiger partial charge in [-0.25, -0.2) is 0 Å². The average Bonchev–Trinajstić information content (AvgIpc) is 2.13. The zero-order chi connectivity index (χ0) is 10.3. The Hall–Kier alpha value is -0.570. The first-order valence-electron chi connectivity index (χ1n) is 5.04. The lowest BCUT2D eigenvalue weighted by Crippen LogP contribution is -2.40. The summed E-state index contributed by atoms with van der Waals surface area (Å²) in [5.74, 6) is -0.151. The zero-order valence-electron chi connectivity index (χ0n) is 9.09. The van der Waals surface area contributed by atoms with Gasteiger partial charge >= 0.3 is 5.97 Å². The minimum absolute atomic E-state index is 0.151. The minimum Gasteiger partial charge on any atom is -0.465 e. The van der Waals surface area contributed by atoms with E-state index in [9.17, 15) is 4.79 Å². The summed E-state index contributed by atoms with van der Waals surface area (Å²) in [5.41, 5.74) is 0. The van der Waals surface area contributed by atoms with Crippen molar-refractivity contribution in [2.45, 2.75) is 52.6 Å². The predicted octanol–water partition coefficient (Wildman–Crippen LogP) is 1.72. The van der Waals surface area contributed by atoms with Crippen LogP contribution in [0, 0.1) is 0 Å². The van der Waals surface area contributed by atoms with Gasteiger partial charge in [-0.05, 0) is 26.7 Å². The Morgan fingerprint density at radius 3 is 2.46 bits per heavy atom. The van der Waals surface area contributed by atoms with Gasteiger partial charge < -0.3 is 10.1 Å². The molecule has 0 radical (unpaired) electrons. The van der Waals surface area contributed by atoms with Crippen LogP contribution in [0.4, 0.5) is 0 Å². The van der Waals surface area contributed by atoms with Crippen molar-refractivity contribution in [3.63, 3.8) is 0 Å². The third-order valence-electron chi connectivity index (χ3n) is 1.95. The fourth-order valence-electron chi connectivity index (χ4n) is 0.940. The molecule has 2 atom stereocenters. The number of nitrogens with one attached hydrogen (secondary N) is 1. The van der Waals surface area contributed by atoms with Crippen LogP contribution < -0.4 is 5.32 Å². The van der Waals surface area contributed by atoms with Crippen LogP contribution in [0.15, 0.2) is 0 Å². The summed E-state index contributed by atoms with van der Waals surface area (Å²) in [4.78, 5) is 11.3. The van der Waals surface area contributed by atoms with Gasteiger partial charge in [0.25, 0.3) is 0 Å². The first kappa shape index (κ1) is 12.4. The van der Waals surface area contributed by atoms with Gasteiger partial charge in [0.2, 0.25) is 0 Å². The van der Waals surface area contributed by atoms with Crippen molar-refractivity contribution in [1.29, 1.82) is 0 Å². The molecule has 3 heteroatoms. The molecule has 0 aromatic heterocycles. The molecule has 3 nitrogen and oxygen atoms in total. The molecule has 0 spiro atoms. The Labute approximate surface area is 80.8 Å². The van der Waals surface area contributed by atoms with Crippen LogP contribution >= 0.6 is 0 Å². The molecular weight excluding hydrogens is 166 g/mol. The van der Waals surface area contributed by atoms with E-state index in [2.05, 4.69) is 19.2 Å². The SMILES string of the molecule is CCCOC(=O)C(C)NC(C)CC. The lowest BCUT2D eigenvalue weighted by Gasteiger charge is -2.17. The Kier molecular flexibility index (Phi) is 6.59. The summed E-state index contributed by atoms with van der Waals surface area (Å²) < 4.78 is 5.00. The average molecular weight is 187 g/mol. The molecule has 0 amide bonds. The Balaban J connectivity index is 3.68. The highest BCUT2D eigenvalue weighted by molar-refractivity contribution is 5.75. The van der Waals surface area contributed by atoms with Crippen LogP contribution in [0.1, 0.15) is 40.5 Å². The molecule has 0 aliphatic heterocycles. The van der Waals surface area contributed by atoms with Crippen molar-refractivity contribution in [3.05, 3.63) is 0 Å². The maximum absolute atomic E-state index is 11.3. The van der Waals surface area contributed by atoms with Crippen LogP contribution in [0.5, 0.6) is 0 Å². The monoisotopic (exact) mass is 187 g/mol. The highest BCUT2D eigenvalue weighted by atomic mass is 16.5. The summed E-state index contributed by atoms with van der Waals surface area (Å²) in [5, 5.41) is 3.16. The normalized spacial score (nSPS) is 15.1. The fraction of sp³-hybridized carbons (Fsp3) is 0.900. The third kappa shape index (κ3) is 5.64. The molecule has 0 rings (SSSR count). The van der Waals surface area contributed by atoms with Gasteiger partial charge in [0.15, 0.2) is 0 Å². The lowest BCUT2D eigenvalue weighted by atomic mass is 10.2. The highest BCUT2D eigenvalue weighted by Crippen LogP contribution is 1.95. The molecule has 0 aromatic rings. The van der Waals surface area contributed by atoms with Crippen LogP contribution in [0.25, 0.3) is 0 Å². The smallest absolute Gasteiger partial charge is 0.322 e. The third-order valence-corrected chi connectivity index (χ3v) is 1.95. The Morgan fingerprint density at radius 1 is 1.38 bits per heavy atom. The molecule has 78 valence electrons. The fourth-order valence-corrected chi connectivity index (χ4v) is 0.940. The predicted molar refractivity (Wildman–Crippen MR) is 53.6 cm³/mol. The number of rotatable bonds is 6. The Morgan fingerprint density at radius 2 is 2.00 bits per heavy atom. The molecule has 1 N–H and O–H groups in total. The summed E-state index contributed by atoms with van der Waals surface area (Å²) in [7, 11) is 0. The molecule has 0 heterocycles. The number of hydrogen-bond acceptors (Lipinski definition) is 3. The molecule has 0 bridgehead atoms. The zero-order valence-corrected chi connectivity index (χ0v) is 9.09. The Bertz CT molecular complexity index is 148. The standard InChI is InChI=1S/C10H21NO2/c1-5-7-13-10(12)9(4)11-8(3)6-2/h8-9,11H,5-7H2,1-4H3. The molecular formula is C10H21NO2. The van der Waals surface area contributed by atoms with Crippen molar-refractivity contribution in [1.82, 2.24) is 5.32 Å². The van der Waals surface area contributed by atoms with E-state index >= 15 is 0 Å². The van der Waals surface area contributed by atoms with Gasteiger partial charge in [0, 0.05) is 6.04 Å². The van der Waals surface area contributed by atoms with Crippen LogP contribution in [-0.2, 0) is 9.53 Å². The van der Waals surface area contributed by atoms with Crippen LogP contribution in [0.3, 0.4) is 0 Å². The molecule has 0 aliphatic rings. The van der Waals surface area contributed by atoms with Crippen molar-refractivity contribution in [2.75, 3.05) is 6.61 Å². The second-order valence-electron chi connectivity index (χ2n) is 3.37. The lowest BCUT2D eigenvalue weighted by molar-refractivity contribution is -0.145. The van der Waals surface area contributed by atoms with Crippen molar-refractivity contribution in [2.24, 2.45) is 0 Å². The summed E-state index contributed by atoms with van der Waals surface area (Å²) in [6, 6.07) is 0.172. The number of hydrogen-bond donors (Lipinski definition) is 1. The molecule has 0 aliphatic carbocycles. The van der Waals surface area contributed by atoms with Gasteiger partial charge in [-0.3, -0.25) is 4.79 Å². The highest BCUT2D eigenvalue weighted by Gasteiger charge is 2.14. The first-order valence-corrected chi connectivity index (χ1v) is 5.04. The summed E-state index contributed by atoms with van der Waals surface area (Å²) in [6.07, 6.45) is 1.90. The maximum Gasteiger partial charge on any atom is 0.322 e. The van der Waals surface area contributed by atoms with E-state index in [0.29, 0.717) is 12.6 Å². The topological polar surface area (TPSA) is 38.3 Å². The van der Waals surface area contributed by atoms with Crippen LogP contribution in [-0.4, -0.2) is 24.7 Å². The maximum atomic E-state index is 11.3. The number of esters is 1. The van der Waals surface area contributed by atoms with E-state index in [4.69, 9.17) is 4.74 Å². The number of ether oxygens (including phenoxy) is 1. The minimum atomic E-state index is -0.193.